The summed E-state index contributed by atoms with van der Waals surface area (Å²) in [6, 6.07) is 0.826. The Morgan fingerprint density at radius 2 is 2.09 bits per heavy atom. The van der Waals surface area contributed by atoms with Gasteiger partial charge in [-0.2, -0.15) is 0 Å². The SMILES string of the molecule is CCCCCN(C)C1CNC1. The van der Waals surface area contributed by atoms with Crippen LogP contribution in [-0.4, -0.2) is 37.6 Å². The first kappa shape index (κ1) is 9.01. The van der Waals surface area contributed by atoms with Gasteiger partial charge in [0.2, 0.25) is 0 Å². The Morgan fingerprint density at radius 3 is 2.55 bits per heavy atom. The van der Waals surface area contributed by atoms with E-state index in [0.717, 1.165) is 6.04 Å². The average molecular weight is 156 g/mol. The first-order chi connectivity index (χ1) is 5.34. The molecule has 2 heteroatoms. The van der Waals surface area contributed by atoms with Crippen molar-refractivity contribution in [1.82, 2.24) is 10.2 Å². The molecular weight excluding hydrogens is 136 g/mol. The molecule has 1 aliphatic rings. The molecule has 0 saturated carbocycles. The predicted octanol–water partition coefficient (Wildman–Crippen LogP) is 1.08. The second-order valence-corrected chi connectivity index (χ2v) is 3.50. The number of likely N-dealkylation sites (N-methyl/N-ethyl adjacent to an activating group) is 1. The van der Waals surface area contributed by atoms with Crippen LogP contribution in [0, 0.1) is 0 Å². The molecule has 0 aliphatic carbocycles. The van der Waals surface area contributed by atoms with Gasteiger partial charge in [0, 0.05) is 19.1 Å². The Kier molecular flexibility index (Phi) is 3.87. The van der Waals surface area contributed by atoms with Gasteiger partial charge in [0.05, 0.1) is 0 Å². The Labute approximate surface area is 70.0 Å². The Bertz CT molecular complexity index is 99.7. The number of hydrogen-bond donors (Lipinski definition) is 1. The van der Waals surface area contributed by atoms with E-state index in [-0.39, 0.29) is 0 Å². The van der Waals surface area contributed by atoms with Gasteiger partial charge in [0.15, 0.2) is 0 Å². The Hall–Kier alpha value is -0.0800. The molecule has 2 nitrogen and oxygen atoms in total. The standard InChI is InChI=1S/C9H20N2/c1-3-4-5-6-11(2)9-7-10-8-9/h9-10H,3-8H2,1-2H3. The van der Waals surface area contributed by atoms with Gasteiger partial charge in [-0.15, -0.1) is 0 Å². The quantitative estimate of drug-likeness (QED) is 0.599. The molecule has 1 N–H and O–H groups in total. The smallest absolute Gasteiger partial charge is 0.0342 e. The van der Waals surface area contributed by atoms with Crippen LogP contribution in [0.1, 0.15) is 26.2 Å². The van der Waals surface area contributed by atoms with Crippen molar-refractivity contribution < 1.29 is 0 Å². The molecule has 66 valence electrons. The highest BCUT2D eigenvalue weighted by Gasteiger charge is 2.20. The summed E-state index contributed by atoms with van der Waals surface area (Å²) < 4.78 is 0. The number of nitrogens with zero attached hydrogens (tertiary/aromatic N) is 1. The van der Waals surface area contributed by atoms with Crippen molar-refractivity contribution in [2.45, 2.75) is 32.2 Å². The third-order valence-corrected chi connectivity index (χ3v) is 2.50. The molecule has 0 radical (unpaired) electrons. The van der Waals surface area contributed by atoms with Crippen LogP contribution in [0.3, 0.4) is 0 Å². The van der Waals surface area contributed by atoms with Crippen LogP contribution in [0.15, 0.2) is 0 Å². The molecule has 1 fully saturated rings. The lowest BCUT2D eigenvalue weighted by atomic mass is 10.1. The maximum atomic E-state index is 3.29. The molecule has 0 unspecified atom stereocenters. The summed E-state index contributed by atoms with van der Waals surface area (Å²) in [7, 11) is 2.24. The van der Waals surface area contributed by atoms with E-state index < -0.39 is 0 Å². The maximum Gasteiger partial charge on any atom is 0.0342 e. The second kappa shape index (κ2) is 4.73. The van der Waals surface area contributed by atoms with Gasteiger partial charge in [-0.3, -0.25) is 0 Å². The van der Waals surface area contributed by atoms with Crippen molar-refractivity contribution >= 4 is 0 Å². The van der Waals surface area contributed by atoms with Crippen LogP contribution >= 0.6 is 0 Å². The number of unbranched alkanes of at least 4 members (excludes halogenated alkanes) is 2. The van der Waals surface area contributed by atoms with Crippen molar-refractivity contribution in [1.29, 1.82) is 0 Å². The maximum absolute atomic E-state index is 3.29. The molecule has 0 spiro atoms. The van der Waals surface area contributed by atoms with Crippen LogP contribution < -0.4 is 5.32 Å². The fourth-order valence-corrected chi connectivity index (χ4v) is 1.38. The van der Waals surface area contributed by atoms with Gasteiger partial charge in [0.25, 0.3) is 0 Å². The van der Waals surface area contributed by atoms with Crippen LogP contribution in [0.25, 0.3) is 0 Å². The predicted molar refractivity (Wildman–Crippen MR) is 48.8 cm³/mol. The lowest BCUT2D eigenvalue weighted by molar-refractivity contribution is 0.177. The molecule has 11 heavy (non-hydrogen) atoms. The molecule has 1 heterocycles. The lowest BCUT2D eigenvalue weighted by Crippen LogP contribution is -2.55. The topological polar surface area (TPSA) is 15.3 Å². The van der Waals surface area contributed by atoms with E-state index in [4.69, 9.17) is 0 Å². The lowest BCUT2D eigenvalue weighted by Gasteiger charge is -2.35. The first-order valence-corrected chi connectivity index (χ1v) is 4.75. The molecule has 0 aromatic carbocycles. The van der Waals surface area contributed by atoms with Crippen molar-refractivity contribution in [3.05, 3.63) is 0 Å². The fourth-order valence-electron chi connectivity index (χ4n) is 1.38. The molecule has 1 saturated heterocycles. The summed E-state index contributed by atoms with van der Waals surface area (Å²) in [5.41, 5.74) is 0. The van der Waals surface area contributed by atoms with E-state index in [1.165, 1.54) is 38.9 Å². The highest BCUT2D eigenvalue weighted by atomic mass is 15.2. The summed E-state index contributed by atoms with van der Waals surface area (Å²) in [5.74, 6) is 0. The minimum absolute atomic E-state index is 0.826. The minimum Gasteiger partial charge on any atom is -0.314 e. The second-order valence-electron chi connectivity index (χ2n) is 3.50. The monoisotopic (exact) mass is 156 g/mol. The van der Waals surface area contributed by atoms with E-state index >= 15 is 0 Å². The van der Waals surface area contributed by atoms with Crippen molar-refractivity contribution in [3.63, 3.8) is 0 Å². The van der Waals surface area contributed by atoms with Crippen molar-refractivity contribution in [2.75, 3.05) is 26.7 Å². The third kappa shape index (κ3) is 2.80. The summed E-state index contributed by atoms with van der Waals surface area (Å²) in [6.45, 7) is 5.93. The largest absolute Gasteiger partial charge is 0.314 e. The zero-order valence-electron chi connectivity index (χ0n) is 7.77. The van der Waals surface area contributed by atoms with E-state index in [0.29, 0.717) is 0 Å². The van der Waals surface area contributed by atoms with Gasteiger partial charge in [0.1, 0.15) is 0 Å². The summed E-state index contributed by atoms with van der Waals surface area (Å²) in [6.07, 6.45) is 4.07. The van der Waals surface area contributed by atoms with Crippen LogP contribution in [-0.2, 0) is 0 Å². The van der Waals surface area contributed by atoms with Gasteiger partial charge in [-0.05, 0) is 20.0 Å². The van der Waals surface area contributed by atoms with Gasteiger partial charge in [-0.1, -0.05) is 19.8 Å². The van der Waals surface area contributed by atoms with E-state index in [1.807, 2.05) is 0 Å². The normalized spacial score (nSPS) is 18.8. The van der Waals surface area contributed by atoms with Crippen LogP contribution in [0.2, 0.25) is 0 Å². The highest BCUT2D eigenvalue weighted by molar-refractivity contribution is 4.82. The Balaban J connectivity index is 1.96. The molecule has 0 amide bonds. The highest BCUT2D eigenvalue weighted by Crippen LogP contribution is 2.04. The van der Waals surface area contributed by atoms with Crippen LogP contribution in [0.5, 0.6) is 0 Å². The number of hydrogen-bond acceptors (Lipinski definition) is 2. The van der Waals surface area contributed by atoms with E-state index in [9.17, 15) is 0 Å². The summed E-state index contributed by atoms with van der Waals surface area (Å²) in [5, 5.41) is 3.29. The Morgan fingerprint density at radius 1 is 1.36 bits per heavy atom. The van der Waals surface area contributed by atoms with Crippen molar-refractivity contribution in [2.24, 2.45) is 0 Å². The average Bonchev–Trinajstić information content (AvgIpc) is 1.84. The minimum atomic E-state index is 0.826. The van der Waals surface area contributed by atoms with Crippen molar-refractivity contribution in [3.8, 4) is 0 Å². The molecule has 1 rings (SSSR count). The molecule has 0 aromatic rings. The number of nitrogens with one attached hydrogen (secondary N) is 1. The molecule has 0 aromatic heterocycles. The third-order valence-electron chi connectivity index (χ3n) is 2.50. The van der Waals surface area contributed by atoms with Gasteiger partial charge < -0.3 is 10.2 Å². The van der Waals surface area contributed by atoms with Crippen LogP contribution in [0.4, 0.5) is 0 Å². The molecule has 0 bridgehead atoms. The number of rotatable bonds is 5. The summed E-state index contributed by atoms with van der Waals surface area (Å²) in [4.78, 5) is 2.48. The summed E-state index contributed by atoms with van der Waals surface area (Å²) >= 11 is 0. The molecular formula is C9H20N2. The van der Waals surface area contributed by atoms with Gasteiger partial charge in [-0.25, -0.2) is 0 Å². The van der Waals surface area contributed by atoms with E-state index in [2.05, 4.69) is 24.2 Å². The zero-order chi connectivity index (χ0) is 8.10. The first-order valence-electron chi connectivity index (χ1n) is 4.75. The van der Waals surface area contributed by atoms with E-state index in [1.54, 1.807) is 0 Å². The fraction of sp³-hybridized carbons (Fsp3) is 1.00. The molecule has 1 aliphatic heterocycles. The van der Waals surface area contributed by atoms with Gasteiger partial charge >= 0.3 is 0 Å². The zero-order valence-corrected chi connectivity index (χ0v) is 7.77. The molecule has 0 atom stereocenters.